The summed E-state index contributed by atoms with van der Waals surface area (Å²) >= 11 is 0. The van der Waals surface area contributed by atoms with Gasteiger partial charge >= 0.3 is 5.97 Å². The van der Waals surface area contributed by atoms with E-state index in [2.05, 4.69) is 14.8 Å². The summed E-state index contributed by atoms with van der Waals surface area (Å²) in [4.78, 5) is 20.0. The van der Waals surface area contributed by atoms with E-state index in [1.807, 2.05) is 12.1 Å². The number of aromatic carboxylic acids is 1. The van der Waals surface area contributed by atoms with E-state index in [1.54, 1.807) is 6.20 Å². The maximum atomic E-state index is 11.2. The van der Waals surface area contributed by atoms with Crippen LogP contribution in [0.4, 0.5) is 0 Å². The highest BCUT2D eigenvalue weighted by molar-refractivity contribution is 5.86. The van der Waals surface area contributed by atoms with E-state index < -0.39 is 5.97 Å². The molecule has 1 atom stereocenters. The van der Waals surface area contributed by atoms with E-state index in [9.17, 15) is 4.79 Å². The Hall–Kier alpha value is -1.46. The third-order valence-corrected chi connectivity index (χ3v) is 4.16. The van der Waals surface area contributed by atoms with Crippen LogP contribution in [0, 0.1) is 0 Å². The Bertz CT molecular complexity index is 478. The smallest absolute Gasteiger partial charge is 0.354 e. The van der Waals surface area contributed by atoms with Crippen LogP contribution in [0.25, 0.3) is 0 Å². The molecule has 0 radical (unpaired) electrons. The summed E-state index contributed by atoms with van der Waals surface area (Å²) in [6.45, 7) is 5.09. The molecular weight excluding hydrogens is 242 g/mol. The summed E-state index contributed by atoms with van der Waals surface area (Å²) in [6.07, 6.45) is 4.11. The van der Waals surface area contributed by atoms with Crippen LogP contribution >= 0.6 is 0 Å². The maximum absolute atomic E-state index is 11.2. The van der Waals surface area contributed by atoms with Crippen molar-refractivity contribution in [3.63, 3.8) is 0 Å². The Labute approximate surface area is 112 Å². The average molecular weight is 261 g/mol. The van der Waals surface area contributed by atoms with E-state index in [0.717, 1.165) is 25.2 Å². The number of piperazine rings is 1. The van der Waals surface area contributed by atoms with Gasteiger partial charge in [0, 0.05) is 38.4 Å². The molecule has 2 aliphatic heterocycles. The van der Waals surface area contributed by atoms with Crippen LogP contribution in [0.2, 0.25) is 0 Å². The minimum atomic E-state index is -0.935. The molecule has 0 bridgehead atoms. The molecular formula is C14H19N3O2. The second-order valence-electron chi connectivity index (χ2n) is 5.38. The maximum Gasteiger partial charge on any atom is 0.354 e. The van der Waals surface area contributed by atoms with Crippen molar-refractivity contribution in [2.24, 2.45) is 0 Å². The van der Waals surface area contributed by atoms with Crippen LogP contribution in [-0.2, 0) is 6.54 Å². The van der Waals surface area contributed by atoms with Gasteiger partial charge in [-0.2, -0.15) is 0 Å². The minimum absolute atomic E-state index is 0.191. The first kappa shape index (κ1) is 12.6. The largest absolute Gasteiger partial charge is 0.477 e. The number of carboxylic acids is 1. The van der Waals surface area contributed by atoms with Crippen molar-refractivity contribution in [3.05, 3.63) is 29.6 Å². The summed E-state index contributed by atoms with van der Waals surface area (Å²) in [5.41, 5.74) is 1.01. The molecule has 0 amide bonds. The van der Waals surface area contributed by atoms with Crippen molar-refractivity contribution < 1.29 is 9.90 Å². The van der Waals surface area contributed by atoms with E-state index in [-0.39, 0.29) is 5.69 Å². The standard InChI is InChI=1S/C14H19N3O2/c18-14(19)13-11(3-1-5-15-13)9-16-7-8-17-6-2-4-12(17)10-16/h1,3,5,12H,2,4,6-10H2,(H,18,19). The molecule has 5 heteroatoms. The monoisotopic (exact) mass is 261 g/mol. The fraction of sp³-hybridized carbons (Fsp3) is 0.571. The van der Waals surface area contributed by atoms with Gasteiger partial charge in [0.05, 0.1) is 0 Å². The normalized spacial score (nSPS) is 24.3. The van der Waals surface area contributed by atoms with Gasteiger partial charge in [0.25, 0.3) is 0 Å². The Balaban J connectivity index is 1.70. The van der Waals surface area contributed by atoms with Gasteiger partial charge in [-0.1, -0.05) is 6.07 Å². The second kappa shape index (κ2) is 5.27. The van der Waals surface area contributed by atoms with Gasteiger partial charge in [-0.3, -0.25) is 9.80 Å². The molecule has 2 saturated heterocycles. The lowest BCUT2D eigenvalue weighted by molar-refractivity contribution is 0.0683. The van der Waals surface area contributed by atoms with E-state index >= 15 is 0 Å². The van der Waals surface area contributed by atoms with Gasteiger partial charge in [-0.15, -0.1) is 0 Å². The van der Waals surface area contributed by atoms with Gasteiger partial charge in [0.15, 0.2) is 5.69 Å². The number of carbonyl (C=O) groups is 1. The number of rotatable bonds is 3. The van der Waals surface area contributed by atoms with Crippen molar-refractivity contribution in [3.8, 4) is 0 Å². The number of fused-ring (bicyclic) bond motifs is 1. The molecule has 1 aromatic rings. The quantitative estimate of drug-likeness (QED) is 0.881. The van der Waals surface area contributed by atoms with Gasteiger partial charge in [-0.25, -0.2) is 9.78 Å². The molecule has 5 nitrogen and oxygen atoms in total. The molecule has 3 heterocycles. The molecule has 1 unspecified atom stereocenters. The minimum Gasteiger partial charge on any atom is -0.477 e. The fourth-order valence-electron chi connectivity index (χ4n) is 3.20. The predicted molar refractivity (Wildman–Crippen MR) is 71.1 cm³/mol. The number of aromatic nitrogens is 1. The van der Waals surface area contributed by atoms with Gasteiger partial charge in [0.2, 0.25) is 0 Å². The number of hydrogen-bond donors (Lipinski definition) is 1. The topological polar surface area (TPSA) is 56.7 Å². The third-order valence-electron chi connectivity index (χ3n) is 4.16. The molecule has 19 heavy (non-hydrogen) atoms. The highest BCUT2D eigenvalue weighted by Gasteiger charge is 2.30. The summed E-state index contributed by atoms with van der Waals surface area (Å²) in [5.74, 6) is -0.935. The van der Waals surface area contributed by atoms with Crippen molar-refractivity contribution in [1.82, 2.24) is 14.8 Å². The third kappa shape index (κ3) is 2.62. The summed E-state index contributed by atoms with van der Waals surface area (Å²) < 4.78 is 0. The Morgan fingerprint density at radius 1 is 1.42 bits per heavy atom. The lowest BCUT2D eigenvalue weighted by Gasteiger charge is -2.37. The first-order valence-electron chi connectivity index (χ1n) is 6.87. The number of hydrogen-bond acceptors (Lipinski definition) is 4. The van der Waals surface area contributed by atoms with Crippen LogP contribution in [0.15, 0.2) is 18.3 Å². The van der Waals surface area contributed by atoms with Crippen LogP contribution in [0.3, 0.4) is 0 Å². The molecule has 3 rings (SSSR count). The van der Waals surface area contributed by atoms with Crippen molar-refractivity contribution in [2.75, 3.05) is 26.2 Å². The van der Waals surface area contributed by atoms with Crippen molar-refractivity contribution in [1.29, 1.82) is 0 Å². The molecule has 0 aromatic carbocycles. The fourth-order valence-corrected chi connectivity index (χ4v) is 3.20. The van der Waals surface area contributed by atoms with E-state index in [4.69, 9.17) is 5.11 Å². The Morgan fingerprint density at radius 3 is 3.16 bits per heavy atom. The highest BCUT2D eigenvalue weighted by atomic mass is 16.4. The molecule has 0 aliphatic carbocycles. The van der Waals surface area contributed by atoms with Crippen LogP contribution in [0.1, 0.15) is 28.9 Å². The van der Waals surface area contributed by atoms with Crippen molar-refractivity contribution in [2.45, 2.75) is 25.4 Å². The van der Waals surface area contributed by atoms with Crippen molar-refractivity contribution >= 4 is 5.97 Å². The lowest BCUT2D eigenvalue weighted by atomic mass is 10.1. The van der Waals surface area contributed by atoms with Crippen LogP contribution in [0.5, 0.6) is 0 Å². The van der Waals surface area contributed by atoms with Gasteiger partial charge < -0.3 is 5.11 Å². The summed E-state index contributed by atoms with van der Waals surface area (Å²) in [6, 6.07) is 4.35. The Kier molecular flexibility index (Phi) is 3.48. The SMILES string of the molecule is O=C(O)c1ncccc1CN1CCN2CCCC2C1. The zero-order valence-electron chi connectivity index (χ0n) is 11.0. The zero-order chi connectivity index (χ0) is 13.2. The predicted octanol–water partition coefficient (Wildman–Crippen LogP) is 1.06. The first-order valence-corrected chi connectivity index (χ1v) is 6.87. The first-order chi connectivity index (χ1) is 9.24. The summed E-state index contributed by atoms with van der Waals surface area (Å²) in [5, 5.41) is 9.16. The average Bonchev–Trinajstić information content (AvgIpc) is 2.86. The number of pyridine rings is 1. The molecule has 2 fully saturated rings. The van der Waals surface area contributed by atoms with E-state index in [0.29, 0.717) is 12.6 Å². The van der Waals surface area contributed by atoms with E-state index in [1.165, 1.54) is 19.4 Å². The van der Waals surface area contributed by atoms with Gasteiger partial charge in [0.1, 0.15) is 0 Å². The summed E-state index contributed by atoms with van der Waals surface area (Å²) in [7, 11) is 0. The van der Waals surface area contributed by atoms with Crippen LogP contribution < -0.4 is 0 Å². The zero-order valence-corrected chi connectivity index (χ0v) is 11.0. The van der Waals surface area contributed by atoms with Crippen LogP contribution in [-0.4, -0.2) is 58.1 Å². The highest BCUT2D eigenvalue weighted by Crippen LogP contribution is 2.22. The Morgan fingerprint density at radius 2 is 2.32 bits per heavy atom. The molecule has 102 valence electrons. The molecule has 1 N–H and O–H groups in total. The number of nitrogens with zero attached hydrogens (tertiary/aromatic N) is 3. The molecule has 0 saturated carbocycles. The lowest BCUT2D eigenvalue weighted by Crippen LogP contribution is -2.49. The second-order valence-corrected chi connectivity index (χ2v) is 5.38. The van der Waals surface area contributed by atoms with Gasteiger partial charge in [-0.05, 0) is 31.0 Å². The molecule has 1 aromatic heterocycles. The number of carboxylic acid groups (broad SMARTS) is 1. The molecule has 2 aliphatic rings. The molecule has 0 spiro atoms.